The van der Waals surface area contributed by atoms with E-state index in [0.717, 1.165) is 23.4 Å². The molecule has 19 heavy (non-hydrogen) atoms. The molecule has 1 aromatic carbocycles. The van der Waals surface area contributed by atoms with Crippen molar-refractivity contribution in [1.29, 1.82) is 5.26 Å². The summed E-state index contributed by atoms with van der Waals surface area (Å²) in [7, 11) is 0. The monoisotopic (exact) mass is 274 g/mol. The smallest absolute Gasteiger partial charge is 0.128 e. The molecule has 0 bridgehead atoms. The van der Waals surface area contributed by atoms with Gasteiger partial charge in [-0.3, -0.25) is 0 Å². The molecule has 0 radical (unpaired) electrons. The highest BCUT2D eigenvalue weighted by atomic mass is 32.1. The summed E-state index contributed by atoms with van der Waals surface area (Å²) in [6, 6.07) is 10.9. The standard InChI is InChI=1S/C15H15FN2S/c1-2-7-18-10-12-4-3-11(8-14(12)16)15-6-5-13(9-17)19-15/h3-6,8,18H,2,7,10H2,1H3. The van der Waals surface area contributed by atoms with Gasteiger partial charge in [0, 0.05) is 17.0 Å². The number of nitrogens with one attached hydrogen (secondary N) is 1. The van der Waals surface area contributed by atoms with Gasteiger partial charge in [0.05, 0.1) is 0 Å². The third-order valence-electron chi connectivity index (χ3n) is 2.80. The summed E-state index contributed by atoms with van der Waals surface area (Å²) in [6.07, 6.45) is 1.03. The lowest BCUT2D eigenvalue weighted by Gasteiger charge is -2.06. The van der Waals surface area contributed by atoms with Crippen molar-refractivity contribution >= 4 is 11.3 Å². The third-order valence-corrected chi connectivity index (χ3v) is 3.83. The summed E-state index contributed by atoms with van der Waals surface area (Å²) in [5.74, 6) is -0.201. The average molecular weight is 274 g/mol. The molecule has 0 amide bonds. The lowest BCUT2D eigenvalue weighted by atomic mass is 10.1. The molecule has 0 fully saturated rings. The van der Waals surface area contributed by atoms with Crippen LogP contribution in [0.1, 0.15) is 23.8 Å². The number of halogens is 1. The summed E-state index contributed by atoms with van der Waals surface area (Å²) in [6.45, 7) is 3.52. The van der Waals surface area contributed by atoms with Crippen LogP contribution in [0.25, 0.3) is 10.4 Å². The highest BCUT2D eigenvalue weighted by Crippen LogP contribution is 2.28. The van der Waals surface area contributed by atoms with Crippen molar-refractivity contribution in [2.45, 2.75) is 19.9 Å². The molecule has 1 aromatic heterocycles. The van der Waals surface area contributed by atoms with Gasteiger partial charge in [-0.1, -0.05) is 19.1 Å². The maximum Gasteiger partial charge on any atom is 0.128 e. The Kier molecular flexibility index (Phi) is 4.67. The van der Waals surface area contributed by atoms with Crippen LogP contribution in [-0.2, 0) is 6.54 Å². The van der Waals surface area contributed by atoms with E-state index in [2.05, 4.69) is 18.3 Å². The summed E-state index contributed by atoms with van der Waals surface area (Å²) >= 11 is 1.38. The second-order valence-electron chi connectivity index (χ2n) is 4.26. The molecule has 1 heterocycles. The maximum atomic E-state index is 14.0. The number of nitrogens with zero attached hydrogens (tertiary/aromatic N) is 1. The predicted octanol–water partition coefficient (Wildman–Crippen LogP) is 3.93. The first-order chi connectivity index (χ1) is 9.24. The lowest BCUT2D eigenvalue weighted by molar-refractivity contribution is 0.587. The number of hydrogen-bond donors (Lipinski definition) is 1. The number of benzene rings is 1. The Hall–Kier alpha value is -1.70. The molecule has 0 aliphatic carbocycles. The molecule has 0 spiro atoms. The second kappa shape index (κ2) is 6.46. The van der Waals surface area contributed by atoms with E-state index in [9.17, 15) is 4.39 Å². The van der Waals surface area contributed by atoms with Crippen molar-refractivity contribution in [3.05, 3.63) is 46.6 Å². The Labute approximate surface area is 116 Å². The molecule has 98 valence electrons. The van der Waals surface area contributed by atoms with Crippen LogP contribution in [0.3, 0.4) is 0 Å². The van der Waals surface area contributed by atoms with Crippen LogP contribution < -0.4 is 5.32 Å². The zero-order valence-electron chi connectivity index (χ0n) is 10.7. The minimum atomic E-state index is -0.201. The second-order valence-corrected chi connectivity index (χ2v) is 5.34. The first kappa shape index (κ1) is 13.7. The van der Waals surface area contributed by atoms with Gasteiger partial charge in [0.2, 0.25) is 0 Å². The van der Waals surface area contributed by atoms with Crippen LogP contribution in [0.15, 0.2) is 30.3 Å². The van der Waals surface area contributed by atoms with Crippen LogP contribution >= 0.6 is 11.3 Å². The summed E-state index contributed by atoms with van der Waals surface area (Å²) < 4.78 is 14.0. The topological polar surface area (TPSA) is 35.8 Å². The van der Waals surface area contributed by atoms with Gasteiger partial charge in [-0.2, -0.15) is 5.26 Å². The molecule has 4 heteroatoms. The Morgan fingerprint density at radius 2 is 2.16 bits per heavy atom. The quantitative estimate of drug-likeness (QED) is 0.839. The van der Waals surface area contributed by atoms with E-state index in [-0.39, 0.29) is 5.82 Å². The van der Waals surface area contributed by atoms with Gasteiger partial charge in [-0.15, -0.1) is 11.3 Å². The fraction of sp³-hybridized carbons (Fsp3) is 0.267. The van der Waals surface area contributed by atoms with E-state index < -0.39 is 0 Å². The van der Waals surface area contributed by atoms with Crippen molar-refractivity contribution in [2.75, 3.05) is 6.54 Å². The lowest BCUT2D eigenvalue weighted by Crippen LogP contribution is -2.14. The zero-order valence-corrected chi connectivity index (χ0v) is 11.6. The average Bonchev–Trinajstić information content (AvgIpc) is 2.89. The van der Waals surface area contributed by atoms with Crippen molar-refractivity contribution in [3.63, 3.8) is 0 Å². The van der Waals surface area contributed by atoms with Crippen molar-refractivity contribution in [2.24, 2.45) is 0 Å². The first-order valence-corrected chi connectivity index (χ1v) is 7.05. The van der Waals surface area contributed by atoms with Crippen molar-refractivity contribution in [3.8, 4) is 16.5 Å². The van der Waals surface area contributed by atoms with Gasteiger partial charge >= 0.3 is 0 Å². The highest BCUT2D eigenvalue weighted by Gasteiger charge is 2.07. The Morgan fingerprint density at radius 3 is 2.79 bits per heavy atom. The van der Waals surface area contributed by atoms with E-state index in [0.29, 0.717) is 17.0 Å². The zero-order chi connectivity index (χ0) is 13.7. The van der Waals surface area contributed by atoms with E-state index in [1.807, 2.05) is 12.1 Å². The first-order valence-electron chi connectivity index (χ1n) is 6.24. The molecular formula is C15H15FN2S. The number of hydrogen-bond acceptors (Lipinski definition) is 3. The minimum Gasteiger partial charge on any atom is -0.313 e. The molecule has 0 saturated heterocycles. The molecule has 0 saturated carbocycles. The van der Waals surface area contributed by atoms with Crippen LogP contribution in [0.2, 0.25) is 0 Å². The van der Waals surface area contributed by atoms with Crippen LogP contribution in [0, 0.1) is 17.1 Å². The minimum absolute atomic E-state index is 0.201. The molecule has 0 aliphatic rings. The van der Waals surface area contributed by atoms with Gasteiger partial charge < -0.3 is 5.32 Å². The summed E-state index contributed by atoms with van der Waals surface area (Å²) in [5.41, 5.74) is 1.50. The van der Waals surface area contributed by atoms with Crippen molar-refractivity contribution < 1.29 is 4.39 Å². The highest BCUT2D eigenvalue weighted by molar-refractivity contribution is 7.16. The van der Waals surface area contributed by atoms with Crippen LogP contribution in [0.5, 0.6) is 0 Å². The number of thiophene rings is 1. The summed E-state index contributed by atoms with van der Waals surface area (Å²) in [5, 5.41) is 12.0. The van der Waals surface area contributed by atoms with Gasteiger partial charge in [0.25, 0.3) is 0 Å². The largest absolute Gasteiger partial charge is 0.313 e. The van der Waals surface area contributed by atoms with Gasteiger partial charge in [-0.25, -0.2) is 4.39 Å². The van der Waals surface area contributed by atoms with Gasteiger partial charge in [0.1, 0.15) is 16.8 Å². The fourth-order valence-electron chi connectivity index (χ4n) is 1.80. The molecule has 0 atom stereocenters. The van der Waals surface area contributed by atoms with E-state index in [4.69, 9.17) is 5.26 Å². The third kappa shape index (κ3) is 3.40. The normalized spacial score (nSPS) is 10.4. The molecule has 0 unspecified atom stereocenters. The Balaban J connectivity index is 2.16. The SMILES string of the molecule is CCCNCc1ccc(-c2ccc(C#N)s2)cc1F. The molecule has 1 N–H and O–H groups in total. The molecule has 2 aromatic rings. The van der Waals surface area contributed by atoms with E-state index in [1.165, 1.54) is 17.4 Å². The molecule has 2 rings (SSSR count). The number of nitriles is 1. The fourth-order valence-corrected chi connectivity index (χ4v) is 2.60. The van der Waals surface area contributed by atoms with Crippen molar-refractivity contribution in [1.82, 2.24) is 5.32 Å². The number of rotatable bonds is 5. The molecular weight excluding hydrogens is 259 g/mol. The predicted molar refractivity (Wildman–Crippen MR) is 76.4 cm³/mol. The van der Waals surface area contributed by atoms with E-state index in [1.54, 1.807) is 12.1 Å². The summed E-state index contributed by atoms with van der Waals surface area (Å²) in [4.78, 5) is 1.56. The molecule has 2 nitrogen and oxygen atoms in total. The van der Waals surface area contributed by atoms with Crippen LogP contribution in [0.4, 0.5) is 4.39 Å². The van der Waals surface area contributed by atoms with Gasteiger partial charge in [-0.05, 0) is 36.7 Å². The van der Waals surface area contributed by atoms with Crippen LogP contribution in [-0.4, -0.2) is 6.54 Å². The Bertz CT molecular complexity index is 598. The van der Waals surface area contributed by atoms with Gasteiger partial charge in [0.15, 0.2) is 0 Å². The Morgan fingerprint density at radius 1 is 1.32 bits per heavy atom. The van der Waals surface area contributed by atoms with E-state index >= 15 is 0 Å². The maximum absolute atomic E-state index is 14.0. The molecule has 0 aliphatic heterocycles.